The number of hydrogen-bond acceptors (Lipinski definition) is 3. The van der Waals surface area contributed by atoms with Gasteiger partial charge in [0.15, 0.2) is 0 Å². The average molecular weight is 313 g/mol. The highest BCUT2D eigenvalue weighted by atomic mass is 16.5. The van der Waals surface area contributed by atoms with Crippen LogP contribution in [0.1, 0.15) is 31.5 Å². The quantitative estimate of drug-likeness (QED) is 0.548. The third kappa shape index (κ3) is 5.33. The van der Waals surface area contributed by atoms with Gasteiger partial charge >= 0.3 is 5.97 Å². The fourth-order valence-corrected chi connectivity index (χ4v) is 2.17. The predicted molar refractivity (Wildman–Crippen MR) is 91.4 cm³/mol. The molecule has 0 radical (unpaired) electrons. The summed E-state index contributed by atoms with van der Waals surface area (Å²) >= 11 is 0. The van der Waals surface area contributed by atoms with E-state index < -0.39 is 0 Å². The van der Waals surface area contributed by atoms with Crippen LogP contribution < -0.4 is 4.74 Å². The summed E-state index contributed by atoms with van der Waals surface area (Å²) < 4.78 is 12.6. The molecule has 122 valence electrons. The van der Waals surface area contributed by atoms with Gasteiger partial charge in [-0.3, -0.25) is 0 Å². The normalized spacial score (nSPS) is 10.9. The van der Waals surface area contributed by atoms with Crippen LogP contribution in [0.3, 0.4) is 0 Å². The van der Waals surface area contributed by atoms with E-state index in [9.17, 15) is 4.79 Å². The Morgan fingerprint density at radius 1 is 1.17 bits per heavy atom. The Balaban J connectivity index is 2.01. The first-order valence-corrected chi connectivity index (χ1v) is 7.94. The van der Waals surface area contributed by atoms with Crippen molar-refractivity contribution in [2.24, 2.45) is 0 Å². The van der Waals surface area contributed by atoms with Crippen LogP contribution in [0.4, 0.5) is 0 Å². The SMILES string of the molecule is CCCOc1ccc(Cn2cccc2/C=C/C(=O)OCC)cc1. The zero-order valence-corrected chi connectivity index (χ0v) is 13.7. The van der Waals surface area contributed by atoms with Crippen molar-refractivity contribution in [3.63, 3.8) is 0 Å². The molecule has 0 aliphatic carbocycles. The topological polar surface area (TPSA) is 40.5 Å². The fraction of sp³-hybridized carbons (Fsp3) is 0.316. The molecular formula is C19H23NO3. The Kier molecular flexibility index (Phi) is 6.48. The van der Waals surface area contributed by atoms with Crippen molar-refractivity contribution in [1.29, 1.82) is 0 Å². The molecule has 2 rings (SSSR count). The molecule has 1 aromatic heterocycles. The third-order valence-electron chi connectivity index (χ3n) is 3.29. The summed E-state index contributed by atoms with van der Waals surface area (Å²) in [6, 6.07) is 12.0. The summed E-state index contributed by atoms with van der Waals surface area (Å²) in [4.78, 5) is 11.4. The number of carbonyl (C=O) groups is 1. The van der Waals surface area contributed by atoms with Crippen LogP contribution in [0.25, 0.3) is 6.08 Å². The van der Waals surface area contributed by atoms with E-state index in [0.29, 0.717) is 6.61 Å². The van der Waals surface area contributed by atoms with E-state index in [1.165, 1.54) is 11.6 Å². The van der Waals surface area contributed by atoms with Crippen LogP contribution in [0.15, 0.2) is 48.7 Å². The average Bonchev–Trinajstić information content (AvgIpc) is 3.00. The van der Waals surface area contributed by atoms with E-state index >= 15 is 0 Å². The first kappa shape index (κ1) is 16.9. The molecule has 0 atom stereocenters. The molecule has 2 aromatic rings. The number of benzene rings is 1. The molecule has 0 fully saturated rings. The maximum absolute atomic E-state index is 11.4. The monoisotopic (exact) mass is 313 g/mol. The van der Waals surface area contributed by atoms with Gasteiger partial charge in [-0.1, -0.05) is 19.1 Å². The molecule has 4 heteroatoms. The van der Waals surface area contributed by atoms with Crippen molar-refractivity contribution < 1.29 is 14.3 Å². The molecule has 0 N–H and O–H groups in total. The van der Waals surface area contributed by atoms with Crippen LogP contribution in [0.2, 0.25) is 0 Å². The van der Waals surface area contributed by atoms with Gasteiger partial charge in [0.25, 0.3) is 0 Å². The van der Waals surface area contributed by atoms with Crippen LogP contribution in [-0.2, 0) is 16.1 Å². The Morgan fingerprint density at radius 3 is 2.65 bits per heavy atom. The molecule has 1 heterocycles. The Bertz CT molecular complexity index is 641. The number of nitrogens with zero attached hydrogens (tertiary/aromatic N) is 1. The summed E-state index contributed by atoms with van der Waals surface area (Å²) in [6.45, 7) is 5.74. The Labute approximate surface area is 137 Å². The molecule has 0 spiro atoms. The van der Waals surface area contributed by atoms with Crippen molar-refractivity contribution in [3.05, 3.63) is 59.9 Å². The van der Waals surface area contributed by atoms with E-state index in [1.54, 1.807) is 13.0 Å². The third-order valence-corrected chi connectivity index (χ3v) is 3.29. The van der Waals surface area contributed by atoms with Crippen molar-refractivity contribution in [2.45, 2.75) is 26.8 Å². The molecular weight excluding hydrogens is 290 g/mol. The summed E-state index contributed by atoms with van der Waals surface area (Å²) in [5, 5.41) is 0. The van der Waals surface area contributed by atoms with Gasteiger partial charge in [0.1, 0.15) is 5.75 Å². The maximum Gasteiger partial charge on any atom is 0.330 e. The largest absolute Gasteiger partial charge is 0.494 e. The summed E-state index contributed by atoms with van der Waals surface area (Å²) in [5.74, 6) is 0.572. The number of aromatic nitrogens is 1. The van der Waals surface area contributed by atoms with Gasteiger partial charge in [-0.05, 0) is 49.2 Å². The molecule has 0 aliphatic rings. The standard InChI is InChI=1S/C19H23NO3/c1-3-14-23-18-10-7-16(8-11-18)15-20-13-5-6-17(20)9-12-19(21)22-4-2/h5-13H,3-4,14-15H2,1-2H3/b12-9+. The van der Waals surface area contributed by atoms with Gasteiger partial charge in [0, 0.05) is 24.5 Å². The van der Waals surface area contributed by atoms with Crippen molar-refractivity contribution in [3.8, 4) is 5.75 Å². The molecule has 1 aromatic carbocycles. The lowest BCUT2D eigenvalue weighted by atomic mass is 10.2. The molecule has 0 unspecified atom stereocenters. The lowest BCUT2D eigenvalue weighted by molar-refractivity contribution is -0.137. The number of rotatable bonds is 8. The minimum atomic E-state index is -0.322. The number of carbonyl (C=O) groups excluding carboxylic acids is 1. The second-order valence-electron chi connectivity index (χ2n) is 5.14. The number of esters is 1. The lowest BCUT2D eigenvalue weighted by Crippen LogP contribution is -2.02. The minimum absolute atomic E-state index is 0.322. The van der Waals surface area contributed by atoms with E-state index in [1.807, 2.05) is 30.5 Å². The van der Waals surface area contributed by atoms with E-state index in [4.69, 9.17) is 9.47 Å². The second-order valence-corrected chi connectivity index (χ2v) is 5.14. The molecule has 0 amide bonds. The van der Waals surface area contributed by atoms with Crippen LogP contribution in [0.5, 0.6) is 5.75 Å². The zero-order chi connectivity index (χ0) is 16.5. The van der Waals surface area contributed by atoms with Gasteiger partial charge in [0.05, 0.1) is 13.2 Å². The van der Waals surface area contributed by atoms with Crippen molar-refractivity contribution in [2.75, 3.05) is 13.2 Å². The number of hydrogen-bond donors (Lipinski definition) is 0. The van der Waals surface area contributed by atoms with E-state index in [2.05, 4.69) is 23.6 Å². The summed E-state index contributed by atoms with van der Waals surface area (Å²) in [5.41, 5.74) is 2.14. The van der Waals surface area contributed by atoms with Gasteiger partial charge in [-0.15, -0.1) is 0 Å². The van der Waals surface area contributed by atoms with E-state index in [0.717, 1.165) is 31.0 Å². The summed E-state index contributed by atoms with van der Waals surface area (Å²) in [6.07, 6.45) is 6.22. The maximum atomic E-state index is 11.4. The van der Waals surface area contributed by atoms with Crippen LogP contribution in [-0.4, -0.2) is 23.8 Å². The fourth-order valence-electron chi connectivity index (χ4n) is 2.17. The van der Waals surface area contributed by atoms with Crippen LogP contribution in [0, 0.1) is 0 Å². The predicted octanol–water partition coefficient (Wildman–Crippen LogP) is 3.90. The molecule has 0 saturated heterocycles. The van der Waals surface area contributed by atoms with Gasteiger partial charge in [-0.2, -0.15) is 0 Å². The first-order valence-electron chi connectivity index (χ1n) is 7.94. The first-order chi connectivity index (χ1) is 11.2. The lowest BCUT2D eigenvalue weighted by Gasteiger charge is -2.09. The molecule has 0 saturated carbocycles. The zero-order valence-electron chi connectivity index (χ0n) is 13.7. The van der Waals surface area contributed by atoms with Gasteiger partial charge in [0.2, 0.25) is 0 Å². The number of ether oxygens (including phenoxy) is 2. The highest BCUT2D eigenvalue weighted by molar-refractivity contribution is 5.86. The highest BCUT2D eigenvalue weighted by Gasteiger charge is 2.01. The van der Waals surface area contributed by atoms with Crippen molar-refractivity contribution in [1.82, 2.24) is 4.57 Å². The molecule has 23 heavy (non-hydrogen) atoms. The highest BCUT2D eigenvalue weighted by Crippen LogP contribution is 2.15. The Morgan fingerprint density at radius 2 is 1.96 bits per heavy atom. The van der Waals surface area contributed by atoms with Gasteiger partial charge in [-0.25, -0.2) is 4.79 Å². The molecule has 0 aliphatic heterocycles. The minimum Gasteiger partial charge on any atom is -0.494 e. The molecule has 0 bridgehead atoms. The smallest absolute Gasteiger partial charge is 0.330 e. The van der Waals surface area contributed by atoms with Crippen molar-refractivity contribution >= 4 is 12.0 Å². The van der Waals surface area contributed by atoms with Crippen LogP contribution >= 0.6 is 0 Å². The summed E-state index contributed by atoms with van der Waals surface area (Å²) in [7, 11) is 0. The Hall–Kier alpha value is -2.49. The molecule has 4 nitrogen and oxygen atoms in total. The second kappa shape index (κ2) is 8.83. The van der Waals surface area contributed by atoms with E-state index in [-0.39, 0.29) is 5.97 Å². The van der Waals surface area contributed by atoms with Gasteiger partial charge < -0.3 is 14.0 Å².